The number of hydrogen-bond donors (Lipinski definition) is 0. The Bertz CT molecular complexity index is 828. The normalized spacial score (nSPS) is 11.1. The van der Waals surface area contributed by atoms with E-state index in [2.05, 4.69) is 28.7 Å². The van der Waals surface area contributed by atoms with Crippen molar-refractivity contribution in [3.63, 3.8) is 0 Å². The molecule has 0 saturated carbocycles. The van der Waals surface area contributed by atoms with Crippen molar-refractivity contribution in [2.24, 2.45) is 0 Å². The molecule has 0 amide bonds. The summed E-state index contributed by atoms with van der Waals surface area (Å²) in [6.45, 7) is 2.47. The average molecular weight is 474 g/mol. The first kappa shape index (κ1) is 18.9. The van der Waals surface area contributed by atoms with Crippen molar-refractivity contribution in [3.8, 4) is 17.6 Å². The summed E-state index contributed by atoms with van der Waals surface area (Å²) in [5, 5.41) is 10.3. The summed E-state index contributed by atoms with van der Waals surface area (Å²) in [5.41, 5.74) is 2.02. The molecule has 6 heteroatoms. The number of hydrogen-bond acceptors (Lipinski definition) is 3. The van der Waals surface area contributed by atoms with Crippen LogP contribution in [0.5, 0.6) is 11.5 Å². The predicted molar refractivity (Wildman–Crippen MR) is 107 cm³/mol. The number of allylic oxidation sites excluding steroid dienone is 1. The Kier molecular flexibility index (Phi) is 6.79. The maximum absolute atomic E-state index is 9.48. The highest BCUT2D eigenvalue weighted by Crippen LogP contribution is 2.35. The van der Waals surface area contributed by atoms with Crippen molar-refractivity contribution < 1.29 is 9.47 Å². The van der Waals surface area contributed by atoms with Crippen LogP contribution in [0.25, 0.3) is 11.6 Å². The van der Waals surface area contributed by atoms with E-state index in [1.807, 2.05) is 19.1 Å². The molecule has 0 aliphatic rings. The topological polar surface area (TPSA) is 42.2 Å². The van der Waals surface area contributed by atoms with Crippen molar-refractivity contribution >= 4 is 57.4 Å². The Morgan fingerprint density at radius 3 is 2.58 bits per heavy atom. The van der Waals surface area contributed by atoms with Crippen LogP contribution < -0.4 is 9.47 Å². The third kappa shape index (κ3) is 4.35. The lowest BCUT2D eigenvalue weighted by Gasteiger charge is -2.12. The molecule has 0 aromatic heterocycles. The molecule has 124 valence electrons. The predicted octanol–water partition coefficient (Wildman–Crippen LogP) is 6.07. The molecule has 0 heterocycles. The monoisotopic (exact) mass is 473 g/mol. The molecule has 0 unspecified atom stereocenters. The number of nitrogens with zero attached hydrogens (tertiary/aromatic N) is 1. The lowest BCUT2D eigenvalue weighted by Crippen LogP contribution is -1.98. The largest absolute Gasteiger partial charge is 0.493 e. The van der Waals surface area contributed by atoms with Crippen LogP contribution in [0.1, 0.15) is 18.1 Å². The average Bonchev–Trinajstić information content (AvgIpc) is 2.57. The van der Waals surface area contributed by atoms with Gasteiger partial charge in [-0.2, -0.15) is 5.26 Å². The smallest absolute Gasteiger partial charge is 0.174 e. The van der Waals surface area contributed by atoms with E-state index in [1.54, 1.807) is 31.4 Å². The Morgan fingerprint density at radius 2 is 2.00 bits per heavy atom. The second-order valence-electron chi connectivity index (χ2n) is 4.77. The van der Waals surface area contributed by atoms with Crippen LogP contribution in [0.2, 0.25) is 10.0 Å². The molecule has 0 aliphatic carbocycles. The first-order valence-electron chi connectivity index (χ1n) is 7.07. The van der Waals surface area contributed by atoms with Gasteiger partial charge in [-0.3, -0.25) is 0 Å². The van der Waals surface area contributed by atoms with E-state index in [0.717, 1.165) is 9.13 Å². The Hall–Kier alpha value is -1.42. The summed E-state index contributed by atoms with van der Waals surface area (Å²) in [4.78, 5) is 0. The summed E-state index contributed by atoms with van der Waals surface area (Å²) >= 11 is 14.2. The molecule has 2 aromatic carbocycles. The van der Waals surface area contributed by atoms with Gasteiger partial charge < -0.3 is 9.47 Å². The minimum atomic E-state index is 0.411. The number of methoxy groups -OCH3 is 1. The van der Waals surface area contributed by atoms with E-state index >= 15 is 0 Å². The van der Waals surface area contributed by atoms with Gasteiger partial charge in [0.1, 0.15) is 0 Å². The third-order valence-corrected chi connectivity index (χ3v) is 4.74. The standard InChI is InChI=1S/C18H14Cl2INO2/c1-3-24-18-16(21)7-11(8-17(18)23-2)6-13(10-22)12-4-5-14(19)15(20)9-12/h4-9H,3H2,1-2H3/b13-6-. The van der Waals surface area contributed by atoms with Crippen molar-refractivity contribution in [1.82, 2.24) is 0 Å². The molecule has 0 aliphatic heterocycles. The Balaban J connectivity index is 2.49. The minimum absolute atomic E-state index is 0.411. The maximum atomic E-state index is 9.48. The van der Waals surface area contributed by atoms with Crippen LogP contribution in [-0.2, 0) is 0 Å². The zero-order valence-corrected chi connectivity index (χ0v) is 16.7. The summed E-state index contributed by atoms with van der Waals surface area (Å²) in [7, 11) is 1.59. The number of benzene rings is 2. The van der Waals surface area contributed by atoms with Crippen molar-refractivity contribution in [2.45, 2.75) is 6.92 Å². The van der Waals surface area contributed by atoms with E-state index in [4.69, 9.17) is 32.7 Å². The fourth-order valence-electron chi connectivity index (χ4n) is 2.12. The van der Waals surface area contributed by atoms with Crippen LogP contribution in [0.4, 0.5) is 0 Å². The highest BCUT2D eigenvalue weighted by atomic mass is 127. The van der Waals surface area contributed by atoms with E-state index in [-0.39, 0.29) is 0 Å². The molecule has 0 atom stereocenters. The fraction of sp³-hybridized carbons (Fsp3) is 0.167. The molecule has 0 radical (unpaired) electrons. The SMILES string of the molecule is CCOc1c(I)cc(/C=C(/C#N)c2ccc(Cl)c(Cl)c2)cc1OC. The molecule has 2 rings (SSSR count). The fourth-order valence-corrected chi connectivity index (χ4v) is 3.20. The number of nitriles is 1. The molecule has 24 heavy (non-hydrogen) atoms. The lowest BCUT2D eigenvalue weighted by atomic mass is 10.0. The van der Waals surface area contributed by atoms with Gasteiger partial charge in [0, 0.05) is 0 Å². The van der Waals surface area contributed by atoms with Crippen LogP contribution in [0.3, 0.4) is 0 Å². The molecule has 0 fully saturated rings. The summed E-state index contributed by atoms with van der Waals surface area (Å²) in [5.74, 6) is 1.33. The van der Waals surface area contributed by atoms with Crippen LogP contribution >= 0.6 is 45.8 Å². The molecule has 0 saturated heterocycles. The first-order valence-corrected chi connectivity index (χ1v) is 8.91. The Morgan fingerprint density at radius 1 is 1.25 bits per heavy atom. The second-order valence-corrected chi connectivity index (χ2v) is 6.74. The zero-order valence-electron chi connectivity index (χ0n) is 13.1. The van der Waals surface area contributed by atoms with Crippen molar-refractivity contribution in [2.75, 3.05) is 13.7 Å². The van der Waals surface area contributed by atoms with E-state index < -0.39 is 0 Å². The zero-order chi connectivity index (χ0) is 17.7. The minimum Gasteiger partial charge on any atom is -0.493 e. The molecule has 3 nitrogen and oxygen atoms in total. The van der Waals surface area contributed by atoms with Gasteiger partial charge in [-0.1, -0.05) is 29.3 Å². The molecular formula is C18H14Cl2INO2. The van der Waals surface area contributed by atoms with Gasteiger partial charge in [0.15, 0.2) is 11.5 Å². The van der Waals surface area contributed by atoms with E-state index in [0.29, 0.717) is 39.3 Å². The van der Waals surface area contributed by atoms with Crippen LogP contribution in [0.15, 0.2) is 30.3 Å². The number of halogens is 3. The molecule has 2 aromatic rings. The summed E-state index contributed by atoms with van der Waals surface area (Å²) in [6.07, 6.45) is 1.78. The number of rotatable bonds is 5. The van der Waals surface area contributed by atoms with Gasteiger partial charge in [-0.25, -0.2) is 0 Å². The summed E-state index contributed by atoms with van der Waals surface area (Å²) < 4.78 is 11.9. The van der Waals surface area contributed by atoms with Crippen LogP contribution in [-0.4, -0.2) is 13.7 Å². The van der Waals surface area contributed by atoms with Gasteiger partial charge in [-0.05, 0) is 71.0 Å². The molecule has 0 spiro atoms. The second kappa shape index (κ2) is 8.61. The van der Waals surface area contributed by atoms with Crippen molar-refractivity contribution in [1.29, 1.82) is 5.26 Å². The Labute approximate surface area is 164 Å². The summed E-state index contributed by atoms with van der Waals surface area (Å²) in [6, 6.07) is 11.1. The highest BCUT2D eigenvalue weighted by molar-refractivity contribution is 14.1. The lowest BCUT2D eigenvalue weighted by molar-refractivity contribution is 0.308. The van der Waals surface area contributed by atoms with E-state index in [1.165, 1.54) is 0 Å². The van der Waals surface area contributed by atoms with Crippen LogP contribution in [0, 0.1) is 14.9 Å². The van der Waals surface area contributed by atoms with Crippen molar-refractivity contribution in [3.05, 3.63) is 55.1 Å². The van der Waals surface area contributed by atoms with Gasteiger partial charge in [0.2, 0.25) is 0 Å². The maximum Gasteiger partial charge on any atom is 0.174 e. The third-order valence-electron chi connectivity index (χ3n) is 3.20. The molecular weight excluding hydrogens is 460 g/mol. The quantitative estimate of drug-likeness (QED) is 0.300. The molecule has 0 N–H and O–H groups in total. The van der Waals surface area contributed by atoms with E-state index in [9.17, 15) is 5.26 Å². The molecule has 0 bridgehead atoms. The van der Waals surface area contributed by atoms with Gasteiger partial charge in [0.05, 0.1) is 39.0 Å². The van der Waals surface area contributed by atoms with Gasteiger partial charge in [-0.15, -0.1) is 0 Å². The highest BCUT2D eigenvalue weighted by Gasteiger charge is 2.12. The van der Waals surface area contributed by atoms with Gasteiger partial charge >= 0.3 is 0 Å². The van der Waals surface area contributed by atoms with Gasteiger partial charge in [0.25, 0.3) is 0 Å². The number of ether oxygens (including phenoxy) is 2. The first-order chi connectivity index (χ1) is 11.5.